The Labute approximate surface area is 60.2 Å². The fourth-order valence-electron chi connectivity index (χ4n) is 0.729. The van der Waals surface area contributed by atoms with Gasteiger partial charge in [-0.1, -0.05) is 0 Å². The third-order valence-electron chi connectivity index (χ3n) is 1.80. The highest BCUT2D eigenvalue weighted by Crippen LogP contribution is 2.17. The first kappa shape index (κ1) is 9.39. The first-order valence-corrected chi connectivity index (χ1v) is 3.38. The molecule has 0 aromatic rings. The van der Waals surface area contributed by atoms with Gasteiger partial charge in [0.15, 0.2) is 0 Å². The summed E-state index contributed by atoms with van der Waals surface area (Å²) in [7, 11) is 0. The zero-order chi connectivity index (χ0) is 8.20. The molecule has 0 aromatic heterocycles. The number of aliphatic carboxylic acids is 1. The molecule has 0 saturated carbocycles. The zero-order valence-electron chi connectivity index (χ0n) is 6.39. The summed E-state index contributed by atoms with van der Waals surface area (Å²) in [5, 5.41) is 8.70. The van der Waals surface area contributed by atoms with Crippen LogP contribution in [0.5, 0.6) is 0 Å². The van der Waals surface area contributed by atoms with E-state index in [1.807, 2.05) is 0 Å². The number of rotatable bonds is 4. The van der Waals surface area contributed by atoms with Crippen molar-refractivity contribution in [2.24, 2.45) is 5.41 Å². The van der Waals surface area contributed by atoms with Gasteiger partial charge in [0.05, 0.1) is 13.1 Å². The molecule has 0 aliphatic rings. The maximum absolute atomic E-state index is 10.6. The Balaban J connectivity index is 4.08. The largest absolute Gasteiger partial charge is 0.481 e. The fourth-order valence-corrected chi connectivity index (χ4v) is 0.729. The lowest BCUT2D eigenvalue weighted by atomic mass is 9.87. The number of carbonyl (C=O) groups is 1. The molecule has 10 heavy (non-hydrogen) atoms. The van der Waals surface area contributed by atoms with Crippen LogP contribution in [0.2, 0.25) is 0 Å². The average molecular weight is 148 g/mol. The van der Waals surface area contributed by atoms with Gasteiger partial charge in [-0.05, 0) is 6.92 Å². The highest BCUT2D eigenvalue weighted by Gasteiger charge is 2.33. The van der Waals surface area contributed by atoms with Gasteiger partial charge in [0.1, 0.15) is 5.41 Å². The Hall–Kier alpha value is -0.610. The van der Waals surface area contributed by atoms with Crippen molar-refractivity contribution in [1.29, 1.82) is 0 Å². The summed E-state index contributed by atoms with van der Waals surface area (Å²) in [5.41, 5.74) is 6.53. The van der Waals surface area contributed by atoms with E-state index in [2.05, 4.69) is 11.5 Å². The number of carboxylic acids is 1. The van der Waals surface area contributed by atoms with Crippen LogP contribution < -0.4 is 11.5 Å². The van der Waals surface area contributed by atoms with E-state index < -0.39 is 11.4 Å². The molecular formula is C6H16N2O2+2. The zero-order valence-corrected chi connectivity index (χ0v) is 6.39. The van der Waals surface area contributed by atoms with Crippen LogP contribution in [-0.4, -0.2) is 24.2 Å². The van der Waals surface area contributed by atoms with Crippen molar-refractivity contribution >= 4 is 5.97 Å². The first-order valence-electron chi connectivity index (χ1n) is 3.38. The quantitative estimate of drug-likeness (QED) is 0.428. The smallest absolute Gasteiger partial charge is 0.315 e. The Bertz CT molecular complexity index is 127. The third kappa shape index (κ3) is 1.97. The Kier molecular flexibility index (Phi) is 3.32. The molecule has 0 radical (unpaired) electrons. The second kappa shape index (κ2) is 3.53. The predicted octanol–water partition coefficient (Wildman–Crippen LogP) is -2.05. The molecule has 60 valence electrons. The summed E-state index contributed by atoms with van der Waals surface area (Å²) in [4.78, 5) is 10.6. The van der Waals surface area contributed by atoms with Gasteiger partial charge in [-0.2, -0.15) is 0 Å². The van der Waals surface area contributed by atoms with Gasteiger partial charge >= 0.3 is 5.97 Å². The van der Waals surface area contributed by atoms with Crippen molar-refractivity contribution in [2.75, 3.05) is 13.1 Å². The molecule has 0 bridgehead atoms. The van der Waals surface area contributed by atoms with E-state index in [1.165, 1.54) is 0 Å². The van der Waals surface area contributed by atoms with E-state index in [9.17, 15) is 4.79 Å². The van der Waals surface area contributed by atoms with Gasteiger partial charge < -0.3 is 16.6 Å². The highest BCUT2D eigenvalue weighted by atomic mass is 16.4. The SMILES string of the molecule is CC(C[NH3+])(CC[NH3+])C(=O)O. The van der Waals surface area contributed by atoms with Crippen LogP contribution >= 0.6 is 0 Å². The van der Waals surface area contributed by atoms with Crippen LogP contribution in [0.25, 0.3) is 0 Å². The topological polar surface area (TPSA) is 92.6 Å². The predicted molar refractivity (Wildman–Crippen MR) is 35.9 cm³/mol. The second-order valence-corrected chi connectivity index (χ2v) is 2.72. The molecule has 4 nitrogen and oxygen atoms in total. The van der Waals surface area contributed by atoms with Crippen molar-refractivity contribution in [3.63, 3.8) is 0 Å². The van der Waals surface area contributed by atoms with Crippen molar-refractivity contribution in [3.05, 3.63) is 0 Å². The molecular weight excluding hydrogens is 132 g/mol. The lowest BCUT2D eigenvalue weighted by molar-refractivity contribution is -0.403. The van der Waals surface area contributed by atoms with Crippen LogP contribution in [0, 0.1) is 5.41 Å². The van der Waals surface area contributed by atoms with Crippen LogP contribution in [0.1, 0.15) is 13.3 Å². The fraction of sp³-hybridized carbons (Fsp3) is 0.833. The standard InChI is InChI=1S/C6H14N2O2/c1-6(4-8,2-3-7)5(9)10/h2-4,7-8H2,1H3,(H,9,10)/p+2. The lowest BCUT2D eigenvalue weighted by Gasteiger charge is -2.17. The van der Waals surface area contributed by atoms with E-state index in [1.54, 1.807) is 6.92 Å². The average Bonchev–Trinajstić information content (AvgIpc) is 1.88. The molecule has 0 spiro atoms. The molecule has 4 heteroatoms. The van der Waals surface area contributed by atoms with Crippen LogP contribution in [0.15, 0.2) is 0 Å². The summed E-state index contributed by atoms with van der Waals surface area (Å²) in [6, 6.07) is 0. The van der Waals surface area contributed by atoms with Gasteiger partial charge in [-0.3, -0.25) is 4.79 Å². The normalized spacial score (nSPS) is 16.3. The van der Waals surface area contributed by atoms with Gasteiger partial charge in [0, 0.05) is 6.42 Å². The molecule has 1 atom stereocenters. The van der Waals surface area contributed by atoms with Gasteiger partial charge in [-0.25, -0.2) is 0 Å². The van der Waals surface area contributed by atoms with Crippen LogP contribution in [-0.2, 0) is 4.79 Å². The summed E-state index contributed by atoms with van der Waals surface area (Å²) >= 11 is 0. The maximum atomic E-state index is 10.6. The Morgan fingerprint density at radius 1 is 1.60 bits per heavy atom. The van der Waals surface area contributed by atoms with Crippen molar-refractivity contribution in [2.45, 2.75) is 13.3 Å². The van der Waals surface area contributed by atoms with E-state index in [4.69, 9.17) is 5.11 Å². The van der Waals surface area contributed by atoms with Crippen molar-refractivity contribution < 1.29 is 21.4 Å². The summed E-state index contributed by atoms with van der Waals surface area (Å²) in [6.45, 7) is 2.78. The molecule has 0 amide bonds. The summed E-state index contributed by atoms with van der Waals surface area (Å²) < 4.78 is 0. The van der Waals surface area contributed by atoms with Crippen LogP contribution in [0.3, 0.4) is 0 Å². The minimum Gasteiger partial charge on any atom is -0.481 e. The third-order valence-corrected chi connectivity index (χ3v) is 1.80. The molecule has 0 saturated heterocycles. The van der Waals surface area contributed by atoms with Gasteiger partial charge in [-0.15, -0.1) is 0 Å². The molecule has 0 aromatic carbocycles. The van der Waals surface area contributed by atoms with E-state index in [0.29, 0.717) is 19.5 Å². The number of quaternary nitrogens is 2. The number of carboxylic acid groups (broad SMARTS) is 1. The molecule has 1 unspecified atom stereocenters. The van der Waals surface area contributed by atoms with E-state index in [0.717, 1.165) is 0 Å². The molecule has 0 aliphatic carbocycles. The van der Waals surface area contributed by atoms with Crippen molar-refractivity contribution in [3.8, 4) is 0 Å². The molecule has 0 aliphatic heterocycles. The van der Waals surface area contributed by atoms with Crippen LogP contribution in [0.4, 0.5) is 0 Å². The minimum absolute atomic E-state index is 0.428. The van der Waals surface area contributed by atoms with Crippen molar-refractivity contribution in [1.82, 2.24) is 0 Å². The highest BCUT2D eigenvalue weighted by molar-refractivity contribution is 5.74. The van der Waals surface area contributed by atoms with E-state index >= 15 is 0 Å². The summed E-state index contributed by atoms with van der Waals surface area (Å²) in [6.07, 6.45) is 0.603. The van der Waals surface area contributed by atoms with E-state index in [-0.39, 0.29) is 0 Å². The first-order chi connectivity index (χ1) is 4.56. The molecule has 0 rings (SSSR count). The molecule has 0 fully saturated rings. The Morgan fingerprint density at radius 3 is 2.20 bits per heavy atom. The van der Waals surface area contributed by atoms with Gasteiger partial charge in [0.2, 0.25) is 0 Å². The summed E-state index contributed by atoms with van der Waals surface area (Å²) in [5.74, 6) is -0.772. The second-order valence-electron chi connectivity index (χ2n) is 2.72. The Morgan fingerprint density at radius 2 is 2.10 bits per heavy atom. The maximum Gasteiger partial charge on any atom is 0.315 e. The molecule has 7 N–H and O–H groups in total. The lowest BCUT2D eigenvalue weighted by Crippen LogP contribution is -2.62. The molecule has 0 heterocycles. The number of hydrogen-bond acceptors (Lipinski definition) is 1. The van der Waals surface area contributed by atoms with Gasteiger partial charge in [0.25, 0.3) is 0 Å². The number of hydrogen-bond donors (Lipinski definition) is 3. The monoisotopic (exact) mass is 148 g/mol. The minimum atomic E-state index is -0.772.